The van der Waals surface area contributed by atoms with Crippen LogP contribution >= 0.6 is 23.7 Å². The van der Waals surface area contributed by atoms with E-state index in [1.165, 1.54) is 4.70 Å². The molecular formula is C18H25ClN4O2S. The third-order valence-electron chi connectivity index (χ3n) is 5.20. The summed E-state index contributed by atoms with van der Waals surface area (Å²) in [7, 11) is 0. The summed E-state index contributed by atoms with van der Waals surface area (Å²) < 4.78 is 6.58. The Hall–Kier alpha value is -1.41. The van der Waals surface area contributed by atoms with Crippen molar-refractivity contribution in [2.45, 2.75) is 18.9 Å². The molecule has 2 aliphatic heterocycles. The van der Waals surface area contributed by atoms with E-state index in [1.807, 2.05) is 23.1 Å². The normalized spacial score (nSPS) is 20.0. The summed E-state index contributed by atoms with van der Waals surface area (Å²) in [4.78, 5) is 21.6. The molecule has 6 nitrogen and oxygen atoms in total. The molecular weight excluding hydrogens is 372 g/mol. The first-order chi connectivity index (χ1) is 12.2. The van der Waals surface area contributed by atoms with Crippen molar-refractivity contribution in [3.05, 3.63) is 24.3 Å². The molecule has 26 heavy (non-hydrogen) atoms. The third kappa shape index (κ3) is 3.96. The van der Waals surface area contributed by atoms with E-state index in [0.29, 0.717) is 13.1 Å². The van der Waals surface area contributed by atoms with E-state index >= 15 is 0 Å². The first kappa shape index (κ1) is 19.4. The van der Waals surface area contributed by atoms with Crippen molar-refractivity contribution in [1.29, 1.82) is 0 Å². The van der Waals surface area contributed by atoms with Crippen LogP contribution in [0, 0.1) is 5.92 Å². The minimum Gasteiger partial charge on any atom is -0.381 e. The van der Waals surface area contributed by atoms with Crippen LogP contribution in [0.1, 0.15) is 12.8 Å². The Morgan fingerprint density at radius 1 is 1.19 bits per heavy atom. The van der Waals surface area contributed by atoms with Gasteiger partial charge in [-0.3, -0.25) is 4.79 Å². The van der Waals surface area contributed by atoms with E-state index in [-0.39, 0.29) is 24.2 Å². The van der Waals surface area contributed by atoms with Gasteiger partial charge in [0.05, 0.1) is 16.3 Å². The van der Waals surface area contributed by atoms with Crippen molar-refractivity contribution in [3.63, 3.8) is 0 Å². The number of anilines is 1. The number of thiazole rings is 1. The number of ether oxygens (including phenoxy) is 1. The molecule has 2 fully saturated rings. The molecule has 1 aromatic carbocycles. The summed E-state index contributed by atoms with van der Waals surface area (Å²) in [6.45, 7) is 4.49. The number of amides is 1. The van der Waals surface area contributed by atoms with E-state index in [9.17, 15) is 4.79 Å². The van der Waals surface area contributed by atoms with Crippen LogP contribution in [0.2, 0.25) is 0 Å². The molecule has 142 valence electrons. The molecule has 3 heterocycles. The Kier molecular flexibility index (Phi) is 6.34. The fourth-order valence-electron chi connectivity index (χ4n) is 3.60. The van der Waals surface area contributed by atoms with Gasteiger partial charge in [-0.2, -0.15) is 0 Å². The number of piperazine rings is 1. The summed E-state index contributed by atoms with van der Waals surface area (Å²) in [6.07, 6.45) is 1.77. The predicted octanol–water partition coefficient (Wildman–Crippen LogP) is 2.12. The van der Waals surface area contributed by atoms with Gasteiger partial charge in [-0.15, -0.1) is 12.4 Å². The highest BCUT2D eigenvalue weighted by molar-refractivity contribution is 7.22. The SMILES string of the molecule is Cl.NC(C(=O)N1CCN(c2nc3ccccc3s2)CC1)C1CCOCC1. The molecule has 0 saturated carbocycles. The second-order valence-corrected chi connectivity index (χ2v) is 7.76. The Morgan fingerprint density at radius 2 is 1.88 bits per heavy atom. The van der Waals surface area contributed by atoms with Gasteiger partial charge in [-0.05, 0) is 30.9 Å². The topological polar surface area (TPSA) is 71.7 Å². The van der Waals surface area contributed by atoms with Crippen molar-refractivity contribution in [2.24, 2.45) is 11.7 Å². The second kappa shape index (κ2) is 8.52. The monoisotopic (exact) mass is 396 g/mol. The number of rotatable bonds is 3. The molecule has 0 bridgehead atoms. The smallest absolute Gasteiger partial charge is 0.239 e. The van der Waals surface area contributed by atoms with Crippen LogP contribution < -0.4 is 10.6 Å². The Balaban J connectivity index is 0.00000196. The van der Waals surface area contributed by atoms with Gasteiger partial charge in [0.1, 0.15) is 0 Å². The van der Waals surface area contributed by atoms with Gasteiger partial charge < -0.3 is 20.3 Å². The number of carbonyl (C=O) groups excluding carboxylic acids is 1. The maximum Gasteiger partial charge on any atom is 0.239 e. The summed E-state index contributed by atoms with van der Waals surface area (Å²) in [5.74, 6) is 0.347. The first-order valence-corrected chi connectivity index (χ1v) is 9.76. The molecule has 1 atom stereocenters. The van der Waals surface area contributed by atoms with Crippen LogP contribution in [0.15, 0.2) is 24.3 Å². The molecule has 1 unspecified atom stereocenters. The summed E-state index contributed by atoms with van der Waals surface area (Å²) in [5.41, 5.74) is 7.29. The zero-order valence-electron chi connectivity index (χ0n) is 14.7. The van der Waals surface area contributed by atoms with Crippen molar-refractivity contribution in [2.75, 3.05) is 44.3 Å². The second-order valence-electron chi connectivity index (χ2n) is 6.75. The molecule has 2 aromatic rings. The number of hydrogen-bond acceptors (Lipinski definition) is 6. The number of aromatic nitrogens is 1. The van der Waals surface area contributed by atoms with Gasteiger partial charge >= 0.3 is 0 Å². The Labute approximate surface area is 163 Å². The molecule has 2 aliphatic rings. The number of hydrogen-bond donors (Lipinski definition) is 1. The van der Waals surface area contributed by atoms with E-state index < -0.39 is 6.04 Å². The number of nitrogens with zero attached hydrogens (tertiary/aromatic N) is 3. The van der Waals surface area contributed by atoms with Crippen molar-refractivity contribution >= 4 is 45.0 Å². The lowest BCUT2D eigenvalue weighted by Gasteiger charge is -2.37. The van der Waals surface area contributed by atoms with Gasteiger partial charge in [-0.25, -0.2) is 4.98 Å². The van der Waals surface area contributed by atoms with Crippen molar-refractivity contribution in [3.8, 4) is 0 Å². The fourth-order valence-corrected chi connectivity index (χ4v) is 4.62. The molecule has 1 aromatic heterocycles. The van der Waals surface area contributed by atoms with Crippen LogP contribution in [0.5, 0.6) is 0 Å². The van der Waals surface area contributed by atoms with Crippen LogP contribution in [0.25, 0.3) is 10.2 Å². The summed E-state index contributed by atoms with van der Waals surface area (Å²) >= 11 is 1.72. The summed E-state index contributed by atoms with van der Waals surface area (Å²) in [6, 6.07) is 7.81. The van der Waals surface area contributed by atoms with Gasteiger partial charge in [0.25, 0.3) is 0 Å². The van der Waals surface area contributed by atoms with Crippen LogP contribution in [-0.2, 0) is 9.53 Å². The molecule has 8 heteroatoms. The fraction of sp³-hybridized carbons (Fsp3) is 0.556. The quantitative estimate of drug-likeness (QED) is 0.860. The lowest BCUT2D eigenvalue weighted by molar-refractivity contribution is -0.135. The average molecular weight is 397 g/mol. The zero-order valence-corrected chi connectivity index (χ0v) is 16.3. The molecule has 0 radical (unpaired) electrons. The number of halogens is 1. The molecule has 4 rings (SSSR count). The first-order valence-electron chi connectivity index (χ1n) is 8.95. The largest absolute Gasteiger partial charge is 0.381 e. The van der Waals surface area contributed by atoms with E-state index in [0.717, 1.165) is 49.8 Å². The molecule has 2 N–H and O–H groups in total. The maximum absolute atomic E-state index is 12.7. The lowest BCUT2D eigenvalue weighted by atomic mass is 9.91. The number of carbonyl (C=O) groups is 1. The zero-order chi connectivity index (χ0) is 17.2. The molecule has 0 spiro atoms. The Bertz CT molecular complexity index is 709. The van der Waals surface area contributed by atoms with Crippen molar-refractivity contribution < 1.29 is 9.53 Å². The van der Waals surface area contributed by atoms with Crippen molar-refractivity contribution in [1.82, 2.24) is 9.88 Å². The number of para-hydroxylation sites is 1. The predicted molar refractivity (Wildman–Crippen MR) is 107 cm³/mol. The lowest BCUT2D eigenvalue weighted by Crippen LogP contribution is -2.55. The molecule has 2 saturated heterocycles. The van der Waals surface area contributed by atoms with E-state index in [2.05, 4.69) is 11.0 Å². The third-order valence-corrected chi connectivity index (χ3v) is 6.30. The standard InChI is InChI=1S/C18H24N4O2S.ClH/c19-16(13-5-11-24-12-6-13)17(23)21-7-9-22(10-8-21)18-20-14-3-1-2-4-15(14)25-18;/h1-4,13,16H,5-12,19H2;1H. The van der Waals surface area contributed by atoms with Crippen LogP contribution in [-0.4, -0.2) is 61.2 Å². The van der Waals surface area contributed by atoms with Crippen LogP contribution in [0.4, 0.5) is 5.13 Å². The minimum absolute atomic E-state index is 0. The Morgan fingerprint density at radius 3 is 2.58 bits per heavy atom. The molecule has 1 amide bonds. The minimum atomic E-state index is -0.391. The van der Waals surface area contributed by atoms with E-state index in [4.69, 9.17) is 15.5 Å². The van der Waals surface area contributed by atoms with E-state index in [1.54, 1.807) is 11.3 Å². The summed E-state index contributed by atoms with van der Waals surface area (Å²) in [5, 5.41) is 1.04. The number of benzene rings is 1. The highest BCUT2D eigenvalue weighted by atomic mass is 35.5. The number of fused-ring (bicyclic) bond motifs is 1. The van der Waals surface area contributed by atoms with Crippen LogP contribution in [0.3, 0.4) is 0 Å². The van der Waals surface area contributed by atoms with Gasteiger partial charge in [0.2, 0.25) is 5.91 Å². The highest BCUT2D eigenvalue weighted by Gasteiger charge is 2.31. The molecule has 0 aliphatic carbocycles. The van der Waals surface area contributed by atoms with Gasteiger partial charge in [0, 0.05) is 39.4 Å². The highest BCUT2D eigenvalue weighted by Crippen LogP contribution is 2.29. The average Bonchev–Trinajstić information content (AvgIpc) is 3.12. The van der Waals surface area contributed by atoms with Gasteiger partial charge in [0.15, 0.2) is 5.13 Å². The van der Waals surface area contributed by atoms with Gasteiger partial charge in [-0.1, -0.05) is 23.5 Å². The maximum atomic E-state index is 12.7. The number of nitrogens with two attached hydrogens (primary N) is 1.